The van der Waals surface area contributed by atoms with Crippen molar-refractivity contribution in [3.63, 3.8) is 0 Å². The van der Waals surface area contributed by atoms with Crippen molar-refractivity contribution in [1.82, 2.24) is 0 Å². The summed E-state index contributed by atoms with van der Waals surface area (Å²) in [6, 6.07) is 9.11. The van der Waals surface area contributed by atoms with Gasteiger partial charge in [0.15, 0.2) is 5.78 Å². The van der Waals surface area contributed by atoms with Gasteiger partial charge in [0, 0.05) is 0 Å². The zero-order chi connectivity index (χ0) is 17.5. The average molecular weight is 370 g/mol. The summed E-state index contributed by atoms with van der Waals surface area (Å²) in [7, 11) is 2.83. The molecule has 26 heavy (non-hydrogen) atoms. The molecular formula is C19H16Na2O5. The van der Waals surface area contributed by atoms with Gasteiger partial charge in [0.05, 0.1) is 14.2 Å². The molecule has 0 amide bonds. The summed E-state index contributed by atoms with van der Waals surface area (Å²) >= 11 is 0. The molecule has 0 saturated heterocycles. The molecule has 2 aromatic rings. The van der Waals surface area contributed by atoms with E-state index in [0.717, 1.165) is 0 Å². The zero-order valence-corrected chi connectivity index (χ0v) is 19.3. The Kier molecular flexibility index (Phi) is 11.7. The first-order valence-electron chi connectivity index (χ1n) is 7.13. The number of hydrogen-bond acceptors (Lipinski definition) is 5. The van der Waals surface area contributed by atoms with Gasteiger partial charge in [-0.2, -0.15) is 0 Å². The second-order valence-corrected chi connectivity index (χ2v) is 4.89. The maximum Gasteiger partial charge on any atom is 1.00 e. The number of carbonyl (C=O) groups is 1. The minimum atomic E-state index is -0.231. The molecule has 0 heterocycles. The predicted octanol–water partition coefficient (Wildman–Crippen LogP) is -3.85. The second-order valence-electron chi connectivity index (χ2n) is 4.89. The van der Waals surface area contributed by atoms with Crippen LogP contribution in [-0.4, -0.2) is 20.0 Å². The molecule has 0 radical (unpaired) electrons. The molecule has 7 heteroatoms. The van der Waals surface area contributed by atoms with Gasteiger partial charge in [-0.3, -0.25) is 4.79 Å². The van der Waals surface area contributed by atoms with Gasteiger partial charge in [0.2, 0.25) is 0 Å². The van der Waals surface area contributed by atoms with Crippen LogP contribution in [0.25, 0.3) is 12.2 Å². The summed E-state index contributed by atoms with van der Waals surface area (Å²) in [4.78, 5) is 11.9. The van der Waals surface area contributed by atoms with Crippen LogP contribution in [0.5, 0.6) is 23.0 Å². The molecule has 124 valence electrons. The number of carbonyl (C=O) groups excluding carboxylic acids is 1. The van der Waals surface area contributed by atoms with Crippen LogP contribution in [-0.2, 0) is 4.79 Å². The van der Waals surface area contributed by atoms with Gasteiger partial charge in [-0.15, -0.1) is 0 Å². The third-order valence-corrected chi connectivity index (χ3v) is 3.26. The molecule has 2 aromatic carbocycles. The number of ketones is 1. The van der Waals surface area contributed by atoms with Gasteiger partial charge in [0.1, 0.15) is 11.5 Å². The Morgan fingerprint density at radius 1 is 0.808 bits per heavy atom. The van der Waals surface area contributed by atoms with Crippen LogP contribution in [0.2, 0.25) is 0 Å². The van der Waals surface area contributed by atoms with E-state index in [9.17, 15) is 15.0 Å². The quantitative estimate of drug-likeness (QED) is 0.384. The van der Waals surface area contributed by atoms with Gasteiger partial charge in [0.25, 0.3) is 0 Å². The standard InChI is InChI=1S/C19H18O5.2Na/c1-23-18-11-13(5-9-16(18)21)3-7-15(20)8-4-14-6-10-17(22)19(12-14)24-2;;/h3-12,21-22H,1-2H3;;/q;2*+1/p-2/b7-3+,8-4+;;. The summed E-state index contributed by atoms with van der Waals surface area (Å²) < 4.78 is 9.89. The number of benzene rings is 2. The molecule has 2 rings (SSSR count). The number of allylic oxidation sites excluding steroid dienone is 2. The van der Waals surface area contributed by atoms with Crippen LogP contribution in [0, 0.1) is 0 Å². The number of ether oxygens (including phenoxy) is 2. The number of hydrogen-bond donors (Lipinski definition) is 0. The van der Waals surface area contributed by atoms with Gasteiger partial charge >= 0.3 is 59.1 Å². The van der Waals surface area contributed by atoms with Crippen LogP contribution >= 0.6 is 0 Å². The second kappa shape index (κ2) is 12.2. The van der Waals surface area contributed by atoms with Crippen molar-refractivity contribution >= 4 is 17.9 Å². The smallest absolute Gasteiger partial charge is 0.870 e. The van der Waals surface area contributed by atoms with Gasteiger partial charge in [-0.25, -0.2) is 0 Å². The van der Waals surface area contributed by atoms with Crippen molar-refractivity contribution in [3.8, 4) is 23.0 Å². The van der Waals surface area contributed by atoms with E-state index in [1.807, 2.05) is 0 Å². The fraction of sp³-hybridized carbons (Fsp3) is 0.105. The first kappa shape index (κ1) is 24.8. The first-order chi connectivity index (χ1) is 11.5. The Morgan fingerprint density at radius 3 is 1.54 bits per heavy atom. The van der Waals surface area contributed by atoms with Crippen molar-refractivity contribution in [2.75, 3.05) is 14.2 Å². The van der Waals surface area contributed by atoms with Gasteiger partial charge < -0.3 is 19.7 Å². The third-order valence-electron chi connectivity index (χ3n) is 3.26. The SMILES string of the molecule is COc1cc(/C=C/C(=O)/C=C/c2ccc([O-])c(OC)c2)ccc1[O-].[Na+].[Na+]. The molecule has 0 aliphatic rings. The molecular weight excluding hydrogens is 354 g/mol. The molecule has 0 fully saturated rings. The normalized spacial score (nSPS) is 10.2. The molecule has 0 bridgehead atoms. The van der Waals surface area contributed by atoms with Crippen LogP contribution in [0.3, 0.4) is 0 Å². The molecule has 0 atom stereocenters. The van der Waals surface area contributed by atoms with E-state index >= 15 is 0 Å². The van der Waals surface area contributed by atoms with Crippen LogP contribution in [0.1, 0.15) is 11.1 Å². The molecule has 0 aromatic heterocycles. The summed E-state index contributed by atoms with van der Waals surface area (Å²) in [5.41, 5.74) is 1.37. The summed E-state index contributed by atoms with van der Waals surface area (Å²) in [5.74, 6) is -0.200. The van der Waals surface area contributed by atoms with E-state index in [4.69, 9.17) is 9.47 Å². The van der Waals surface area contributed by atoms with Crippen LogP contribution in [0.4, 0.5) is 0 Å². The third kappa shape index (κ3) is 7.19. The molecule has 0 aliphatic heterocycles. The van der Waals surface area contributed by atoms with Crippen LogP contribution in [0.15, 0.2) is 48.6 Å². The van der Waals surface area contributed by atoms with E-state index < -0.39 is 0 Å². The topological polar surface area (TPSA) is 81.7 Å². The monoisotopic (exact) mass is 370 g/mol. The average Bonchev–Trinajstić information content (AvgIpc) is 2.60. The summed E-state index contributed by atoms with van der Waals surface area (Å²) in [5, 5.41) is 22.8. The minimum absolute atomic E-state index is 0. The zero-order valence-electron chi connectivity index (χ0n) is 15.3. The summed E-state index contributed by atoms with van der Waals surface area (Å²) in [6.45, 7) is 0. The van der Waals surface area contributed by atoms with E-state index in [-0.39, 0.29) is 87.9 Å². The Bertz CT molecular complexity index is 735. The van der Waals surface area contributed by atoms with Crippen molar-refractivity contribution < 1.29 is 83.6 Å². The molecule has 5 nitrogen and oxygen atoms in total. The first-order valence-corrected chi connectivity index (χ1v) is 7.13. The van der Waals surface area contributed by atoms with Crippen LogP contribution < -0.4 is 78.8 Å². The predicted molar refractivity (Wildman–Crippen MR) is 88.0 cm³/mol. The Labute approximate surface area is 196 Å². The number of rotatable bonds is 6. The Morgan fingerprint density at radius 2 is 1.19 bits per heavy atom. The van der Waals surface area contributed by atoms with Crippen molar-refractivity contribution in [2.24, 2.45) is 0 Å². The molecule has 0 aliphatic carbocycles. The van der Waals surface area contributed by atoms with E-state index in [2.05, 4.69) is 0 Å². The maximum atomic E-state index is 11.9. The number of methoxy groups -OCH3 is 2. The van der Waals surface area contributed by atoms with Gasteiger partial charge in [-0.05, 0) is 35.4 Å². The van der Waals surface area contributed by atoms with E-state index in [1.54, 1.807) is 36.4 Å². The maximum absolute atomic E-state index is 11.9. The summed E-state index contributed by atoms with van der Waals surface area (Å²) in [6.07, 6.45) is 5.95. The van der Waals surface area contributed by atoms with Crippen molar-refractivity contribution in [3.05, 3.63) is 59.7 Å². The largest absolute Gasteiger partial charge is 1.00 e. The molecule has 0 N–H and O–H groups in total. The fourth-order valence-corrected chi connectivity index (χ4v) is 1.99. The molecule has 0 spiro atoms. The van der Waals surface area contributed by atoms with E-state index in [0.29, 0.717) is 11.1 Å². The van der Waals surface area contributed by atoms with Crippen molar-refractivity contribution in [1.29, 1.82) is 0 Å². The van der Waals surface area contributed by atoms with Gasteiger partial charge in [-0.1, -0.05) is 47.9 Å². The Hall–Kier alpha value is -1.21. The van der Waals surface area contributed by atoms with Crippen molar-refractivity contribution in [2.45, 2.75) is 0 Å². The van der Waals surface area contributed by atoms with E-state index in [1.165, 1.54) is 38.5 Å². The molecule has 0 unspecified atom stereocenters. The fourth-order valence-electron chi connectivity index (χ4n) is 1.99. The Balaban J connectivity index is 0.00000312. The molecule has 0 saturated carbocycles. The minimum Gasteiger partial charge on any atom is -0.870 e.